The van der Waals surface area contributed by atoms with Crippen LogP contribution in [0.25, 0.3) is 0 Å². The molecule has 0 aliphatic rings. The Bertz CT molecular complexity index is 453. The quantitative estimate of drug-likeness (QED) is 0.764. The molecule has 5 heteroatoms. The average Bonchev–Trinajstić information content (AvgIpc) is 2.73. The predicted molar refractivity (Wildman–Crippen MR) is 61.6 cm³/mol. The molecule has 0 aliphatic carbocycles. The van der Waals surface area contributed by atoms with Crippen molar-refractivity contribution in [1.82, 2.24) is 10.1 Å². The van der Waals surface area contributed by atoms with Crippen LogP contribution >= 0.6 is 11.8 Å². The Balaban J connectivity index is 1.94. The van der Waals surface area contributed by atoms with E-state index in [9.17, 15) is 0 Å². The van der Waals surface area contributed by atoms with Crippen molar-refractivity contribution in [3.8, 4) is 5.75 Å². The lowest BCUT2D eigenvalue weighted by Gasteiger charge is -2.01. The fraction of sp³-hybridized carbons (Fsp3) is 0.273. The normalized spacial score (nSPS) is 10.4. The van der Waals surface area contributed by atoms with Crippen LogP contribution in [-0.2, 0) is 5.75 Å². The number of hydrogen-bond donors (Lipinski definition) is 0. The molecule has 0 atom stereocenters. The molecule has 2 rings (SSSR count). The number of benzene rings is 1. The van der Waals surface area contributed by atoms with E-state index in [-0.39, 0.29) is 0 Å². The van der Waals surface area contributed by atoms with Crippen LogP contribution in [0.3, 0.4) is 0 Å². The Morgan fingerprint density at radius 1 is 1.31 bits per heavy atom. The molecule has 4 nitrogen and oxygen atoms in total. The molecule has 0 amide bonds. The SMILES string of the molecule is COc1ccc(SCc2noc(C)n2)cc1. The second kappa shape index (κ2) is 5.03. The minimum atomic E-state index is 0.602. The molecule has 0 radical (unpaired) electrons. The van der Waals surface area contributed by atoms with Gasteiger partial charge in [-0.05, 0) is 24.3 Å². The van der Waals surface area contributed by atoms with Gasteiger partial charge in [0.1, 0.15) is 5.75 Å². The summed E-state index contributed by atoms with van der Waals surface area (Å²) < 4.78 is 9.98. The highest BCUT2D eigenvalue weighted by molar-refractivity contribution is 7.98. The third-order valence-electron chi connectivity index (χ3n) is 2.00. The molecule has 84 valence electrons. The van der Waals surface area contributed by atoms with Gasteiger partial charge < -0.3 is 9.26 Å². The van der Waals surface area contributed by atoms with E-state index >= 15 is 0 Å². The van der Waals surface area contributed by atoms with Gasteiger partial charge in [-0.3, -0.25) is 0 Å². The van der Waals surface area contributed by atoms with Crippen LogP contribution in [0.4, 0.5) is 0 Å². The van der Waals surface area contributed by atoms with E-state index in [1.165, 1.54) is 0 Å². The van der Waals surface area contributed by atoms with E-state index < -0.39 is 0 Å². The van der Waals surface area contributed by atoms with Gasteiger partial charge in [0.25, 0.3) is 0 Å². The number of ether oxygens (including phenoxy) is 1. The van der Waals surface area contributed by atoms with Gasteiger partial charge >= 0.3 is 0 Å². The van der Waals surface area contributed by atoms with Gasteiger partial charge in [0, 0.05) is 11.8 Å². The summed E-state index contributed by atoms with van der Waals surface area (Å²) >= 11 is 1.67. The second-order valence-electron chi connectivity index (χ2n) is 3.19. The van der Waals surface area contributed by atoms with Gasteiger partial charge in [-0.15, -0.1) is 11.8 Å². The zero-order valence-corrected chi connectivity index (χ0v) is 9.95. The standard InChI is InChI=1S/C11H12N2O2S/c1-8-12-11(13-15-8)7-16-10-5-3-9(14-2)4-6-10/h3-6H,7H2,1-2H3. The van der Waals surface area contributed by atoms with Crippen molar-refractivity contribution in [2.45, 2.75) is 17.6 Å². The average molecular weight is 236 g/mol. The Hall–Kier alpha value is -1.49. The second-order valence-corrected chi connectivity index (χ2v) is 4.24. The van der Waals surface area contributed by atoms with Crippen molar-refractivity contribution in [3.05, 3.63) is 36.0 Å². The summed E-state index contributed by atoms with van der Waals surface area (Å²) in [5.74, 6) is 2.90. The number of thioether (sulfide) groups is 1. The summed E-state index contributed by atoms with van der Waals surface area (Å²) in [6.07, 6.45) is 0. The molecule has 0 fully saturated rings. The van der Waals surface area contributed by atoms with Gasteiger partial charge in [-0.2, -0.15) is 4.98 Å². The number of rotatable bonds is 4. The molecule has 1 heterocycles. The predicted octanol–water partition coefficient (Wildman–Crippen LogP) is 2.68. The topological polar surface area (TPSA) is 48.2 Å². The summed E-state index contributed by atoms with van der Waals surface area (Å²) in [6, 6.07) is 7.89. The first-order valence-electron chi connectivity index (χ1n) is 4.84. The van der Waals surface area contributed by atoms with E-state index in [4.69, 9.17) is 9.26 Å². The summed E-state index contributed by atoms with van der Waals surface area (Å²) in [4.78, 5) is 5.29. The highest BCUT2D eigenvalue weighted by Crippen LogP contribution is 2.23. The van der Waals surface area contributed by atoms with E-state index in [2.05, 4.69) is 10.1 Å². The van der Waals surface area contributed by atoms with Gasteiger partial charge in [-0.1, -0.05) is 5.16 Å². The molecule has 0 aliphatic heterocycles. The summed E-state index contributed by atoms with van der Waals surface area (Å²) in [6.45, 7) is 1.79. The Morgan fingerprint density at radius 3 is 2.62 bits per heavy atom. The molecule has 0 bridgehead atoms. The molecular weight excluding hydrogens is 224 g/mol. The van der Waals surface area contributed by atoms with Crippen LogP contribution in [0.2, 0.25) is 0 Å². The molecule has 0 unspecified atom stereocenters. The van der Waals surface area contributed by atoms with Crippen molar-refractivity contribution >= 4 is 11.8 Å². The lowest BCUT2D eigenvalue weighted by atomic mass is 10.3. The molecule has 0 N–H and O–H groups in total. The maximum Gasteiger partial charge on any atom is 0.223 e. The number of aromatic nitrogens is 2. The number of nitrogens with zero attached hydrogens (tertiary/aromatic N) is 2. The van der Waals surface area contributed by atoms with Crippen molar-refractivity contribution in [3.63, 3.8) is 0 Å². The smallest absolute Gasteiger partial charge is 0.223 e. The first-order valence-corrected chi connectivity index (χ1v) is 5.82. The largest absolute Gasteiger partial charge is 0.497 e. The van der Waals surface area contributed by atoms with Crippen LogP contribution in [0.1, 0.15) is 11.7 Å². The van der Waals surface area contributed by atoms with E-state index in [1.54, 1.807) is 25.8 Å². The first kappa shape index (κ1) is 11.0. The molecule has 0 spiro atoms. The van der Waals surface area contributed by atoms with Gasteiger partial charge in [0.15, 0.2) is 5.82 Å². The Morgan fingerprint density at radius 2 is 2.06 bits per heavy atom. The van der Waals surface area contributed by atoms with Crippen molar-refractivity contribution in [2.24, 2.45) is 0 Å². The van der Waals surface area contributed by atoms with E-state index in [0.717, 1.165) is 16.5 Å². The highest BCUT2D eigenvalue weighted by Gasteiger charge is 2.03. The fourth-order valence-corrected chi connectivity index (χ4v) is 1.96. The van der Waals surface area contributed by atoms with Crippen LogP contribution < -0.4 is 4.74 Å². The minimum Gasteiger partial charge on any atom is -0.497 e. The van der Waals surface area contributed by atoms with E-state index in [1.807, 2.05) is 24.3 Å². The maximum absolute atomic E-state index is 5.09. The lowest BCUT2D eigenvalue weighted by molar-refractivity contribution is 0.389. The Labute approximate surface area is 98.0 Å². The molecule has 16 heavy (non-hydrogen) atoms. The van der Waals surface area contributed by atoms with Gasteiger partial charge in [0.2, 0.25) is 5.89 Å². The first-order chi connectivity index (χ1) is 7.78. The molecule has 1 aromatic carbocycles. The summed E-state index contributed by atoms with van der Waals surface area (Å²) in [5, 5.41) is 3.83. The van der Waals surface area contributed by atoms with Crippen LogP contribution in [0.15, 0.2) is 33.7 Å². The van der Waals surface area contributed by atoms with Crippen LogP contribution in [0, 0.1) is 6.92 Å². The van der Waals surface area contributed by atoms with Gasteiger partial charge in [0.05, 0.1) is 12.9 Å². The highest BCUT2D eigenvalue weighted by atomic mass is 32.2. The summed E-state index contributed by atoms with van der Waals surface area (Å²) in [5.41, 5.74) is 0. The molecule has 1 aromatic heterocycles. The Kier molecular flexibility index (Phi) is 3.46. The minimum absolute atomic E-state index is 0.602. The van der Waals surface area contributed by atoms with Crippen molar-refractivity contribution < 1.29 is 9.26 Å². The molecular formula is C11H12N2O2S. The molecule has 0 saturated carbocycles. The maximum atomic E-state index is 5.09. The lowest BCUT2D eigenvalue weighted by Crippen LogP contribution is -1.84. The van der Waals surface area contributed by atoms with E-state index in [0.29, 0.717) is 11.6 Å². The van der Waals surface area contributed by atoms with Crippen LogP contribution in [0.5, 0.6) is 5.75 Å². The third-order valence-corrected chi connectivity index (χ3v) is 3.01. The number of hydrogen-bond acceptors (Lipinski definition) is 5. The third kappa shape index (κ3) is 2.76. The molecule has 2 aromatic rings. The van der Waals surface area contributed by atoms with Crippen molar-refractivity contribution in [2.75, 3.05) is 7.11 Å². The monoisotopic (exact) mass is 236 g/mol. The number of methoxy groups -OCH3 is 1. The zero-order valence-electron chi connectivity index (χ0n) is 9.14. The summed E-state index contributed by atoms with van der Waals surface area (Å²) in [7, 11) is 1.66. The molecule has 0 saturated heterocycles. The fourth-order valence-electron chi connectivity index (χ4n) is 1.22. The van der Waals surface area contributed by atoms with Crippen LogP contribution in [-0.4, -0.2) is 17.3 Å². The van der Waals surface area contributed by atoms with Gasteiger partial charge in [-0.25, -0.2) is 0 Å². The van der Waals surface area contributed by atoms with Crippen molar-refractivity contribution in [1.29, 1.82) is 0 Å². The zero-order chi connectivity index (χ0) is 11.4. The number of aryl methyl sites for hydroxylation is 1.